The molecule has 0 spiro atoms. The predicted octanol–water partition coefficient (Wildman–Crippen LogP) is 5.09. The standard InChI is InChI=1S/C30H38FN3O6S/c1-19(2)28-24(29(20-11-13-21(31)14-12-20)33-30(32-28)34(3)41(6)37)10-8-7-9-22(35)17-27(36)40-25-16-15-23(38-4)18-26(25)39-5/h8,10-16,18-19,22,27,35-36H,7,9,17H2,1-6H3/b10-8+. The number of rotatable bonds is 14. The van der Waals surface area contributed by atoms with Crippen LogP contribution in [0.15, 0.2) is 48.5 Å². The van der Waals surface area contributed by atoms with Crippen molar-refractivity contribution in [1.29, 1.82) is 0 Å². The monoisotopic (exact) mass is 587 g/mol. The SMILES string of the molecule is COc1ccc(OC(O)CC(O)CC/C=C/c2c(-c3ccc(F)cc3)nc(N(C)S(C)=O)nc2C(C)C)c(OC)c1. The maximum absolute atomic E-state index is 13.7. The summed E-state index contributed by atoms with van der Waals surface area (Å²) in [6.07, 6.45) is 4.15. The molecule has 2 aromatic carbocycles. The van der Waals surface area contributed by atoms with Gasteiger partial charge in [-0.3, -0.25) is 4.31 Å². The van der Waals surface area contributed by atoms with Gasteiger partial charge in [-0.1, -0.05) is 26.0 Å². The molecule has 0 saturated heterocycles. The van der Waals surface area contributed by atoms with Crippen LogP contribution >= 0.6 is 0 Å². The van der Waals surface area contributed by atoms with Crippen molar-refractivity contribution >= 4 is 23.0 Å². The number of hydrogen-bond donors (Lipinski definition) is 2. The minimum absolute atomic E-state index is 0.000598. The zero-order chi connectivity index (χ0) is 30.1. The van der Waals surface area contributed by atoms with E-state index in [0.717, 1.165) is 11.3 Å². The first-order valence-corrected chi connectivity index (χ1v) is 14.7. The van der Waals surface area contributed by atoms with Crippen molar-refractivity contribution in [3.8, 4) is 28.5 Å². The first-order valence-electron chi connectivity index (χ1n) is 13.2. The largest absolute Gasteiger partial charge is 0.497 e. The Morgan fingerprint density at radius 2 is 1.76 bits per heavy atom. The van der Waals surface area contributed by atoms with Crippen LogP contribution in [0.3, 0.4) is 0 Å². The Kier molecular flexibility index (Phi) is 11.6. The van der Waals surface area contributed by atoms with Crippen molar-refractivity contribution < 1.29 is 33.0 Å². The molecule has 3 atom stereocenters. The van der Waals surface area contributed by atoms with Crippen LogP contribution in [0, 0.1) is 5.82 Å². The highest BCUT2D eigenvalue weighted by molar-refractivity contribution is 7.85. The summed E-state index contributed by atoms with van der Waals surface area (Å²) in [5, 5.41) is 20.9. The van der Waals surface area contributed by atoms with Crippen LogP contribution in [0.1, 0.15) is 50.3 Å². The zero-order valence-corrected chi connectivity index (χ0v) is 25.0. The van der Waals surface area contributed by atoms with E-state index in [1.54, 1.807) is 50.7 Å². The molecule has 0 aliphatic rings. The summed E-state index contributed by atoms with van der Waals surface area (Å²) in [5.41, 5.74) is 2.79. The van der Waals surface area contributed by atoms with Crippen molar-refractivity contribution in [1.82, 2.24) is 9.97 Å². The molecule has 0 radical (unpaired) electrons. The second kappa shape index (κ2) is 14.9. The van der Waals surface area contributed by atoms with Gasteiger partial charge in [0.25, 0.3) is 0 Å². The van der Waals surface area contributed by atoms with Crippen molar-refractivity contribution in [2.75, 3.05) is 31.8 Å². The maximum atomic E-state index is 13.7. The molecule has 41 heavy (non-hydrogen) atoms. The normalized spacial score (nSPS) is 13.7. The maximum Gasteiger partial charge on any atom is 0.237 e. The number of hydrogen-bond acceptors (Lipinski definition) is 8. The molecule has 3 aromatic rings. The topological polar surface area (TPSA) is 114 Å². The van der Waals surface area contributed by atoms with Crippen LogP contribution in [0.5, 0.6) is 17.2 Å². The number of aromatic nitrogens is 2. The van der Waals surface area contributed by atoms with Crippen LogP contribution in [0.25, 0.3) is 17.3 Å². The average Bonchev–Trinajstić information content (AvgIpc) is 2.95. The van der Waals surface area contributed by atoms with Crippen LogP contribution in [-0.4, -0.2) is 64.3 Å². The summed E-state index contributed by atoms with van der Waals surface area (Å²) in [6, 6.07) is 11.0. The molecule has 222 valence electrons. The molecule has 0 aliphatic heterocycles. The summed E-state index contributed by atoms with van der Waals surface area (Å²) in [5.74, 6) is 1.30. The van der Waals surface area contributed by atoms with E-state index in [-0.39, 0.29) is 18.2 Å². The quantitative estimate of drug-likeness (QED) is 0.251. The minimum Gasteiger partial charge on any atom is -0.497 e. The molecule has 1 aromatic heterocycles. The van der Waals surface area contributed by atoms with Gasteiger partial charge in [-0.2, -0.15) is 0 Å². The highest BCUT2D eigenvalue weighted by atomic mass is 32.2. The van der Waals surface area contributed by atoms with E-state index in [2.05, 4.69) is 4.98 Å². The molecule has 0 aliphatic carbocycles. The second-order valence-electron chi connectivity index (χ2n) is 9.71. The molecule has 3 unspecified atom stereocenters. The summed E-state index contributed by atoms with van der Waals surface area (Å²) in [7, 11) is 3.35. The van der Waals surface area contributed by atoms with E-state index >= 15 is 0 Å². The lowest BCUT2D eigenvalue weighted by molar-refractivity contribution is -0.0524. The lowest BCUT2D eigenvalue weighted by Gasteiger charge is -2.20. The molecule has 2 N–H and O–H groups in total. The number of methoxy groups -OCH3 is 2. The Morgan fingerprint density at radius 3 is 2.37 bits per heavy atom. The molecule has 1 heterocycles. The van der Waals surface area contributed by atoms with E-state index in [1.807, 2.05) is 26.0 Å². The minimum atomic E-state index is -1.33. The van der Waals surface area contributed by atoms with E-state index in [9.17, 15) is 18.8 Å². The lowest BCUT2D eigenvalue weighted by Crippen LogP contribution is -2.23. The third kappa shape index (κ3) is 8.72. The number of halogens is 1. The smallest absolute Gasteiger partial charge is 0.237 e. The van der Waals surface area contributed by atoms with Gasteiger partial charge in [0.15, 0.2) is 17.8 Å². The fraction of sp³-hybridized carbons (Fsp3) is 0.400. The van der Waals surface area contributed by atoms with Crippen molar-refractivity contribution in [2.45, 2.75) is 51.4 Å². The van der Waals surface area contributed by atoms with Gasteiger partial charge in [0, 0.05) is 36.9 Å². The van der Waals surface area contributed by atoms with Crippen LogP contribution in [0.4, 0.5) is 10.3 Å². The Hall–Kier alpha value is -3.54. The fourth-order valence-electron chi connectivity index (χ4n) is 4.07. The molecule has 3 rings (SSSR count). The molecule has 11 heteroatoms. The van der Waals surface area contributed by atoms with Gasteiger partial charge in [0.2, 0.25) is 5.95 Å². The van der Waals surface area contributed by atoms with Gasteiger partial charge in [0.05, 0.1) is 31.7 Å². The molecular weight excluding hydrogens is 549 g/mol. The molecule has 0 amide bonds. The molecule has 0 fully saturated rings. The number of ether oxygens (including phenoxy) is 3. The first kappa shape index (κ1) is 32.0. The third-order valence-electron chi connectivity index (χ3n) is 6.35. The second-order valence-corrected chi connectivity index (χ2v) is 11.1. The van der Waals surface area contributed by atoms with E-state index in [0.29, 0.717) is 47.3 Å². The molecule has 9 nitrogen and oxygen atoms in total. The number of allylic oxidation sites excluding steroid dienone is 1. The summed E-state index contributed by atoms with van der Waals surface area (Å²) < 4.78 is 43.3. The number of nitrogens with zero attached hydrogens (tertiary/aromatic N) is 3. The summed E-state index contributed by atoms with van der Waals surface area (Å²) >= 11 is 0. The van der Waals surface area contributed by atoms with Crippen LogP contribution in [0.2, 0.25) is 0 Å². The van der Waals surface area contributed by atoms with E-state index in [4.69, 9.17) is 19.2 Å². The Bertz CT molecular complexity index is 1350. The Labute approximate surface area is 243 Å². The van der Waals surface area contributed by atoms with Crippen molar-refractivity contribution in [2.24, 2.45) is 0 Å². The van der Waals surface area contributed by atoms with Gasteiger partial charge < -0.3 is 24.4 Å². The number of benzene rings is 2. The van der Waals surface area contributed by atoms with E-state index in [1.165, 1.54) is 23.5 Å². The van der Waals surface area contributed by atoms with Crippen LogP contribution in [-0.2, 0) is 11.0 Å². The first-order chi connectivity index (χ1) is 19.5. The van der Waals surface area contributed by atoms with Crippen molar-refractivity contribution in [3.63, 3.8) is 0 Å². The number of aliphatic hydroxyl groups is 2. The van der Waals surface area contributed by atoms with Gasteiger partial charge >= 0.3 is 0 Å². The van der Waals surface area contributed by atoms with Gasteiger partial charge in [-0.05, 0) is 55.2 Å². The van der Waals surface area contributed by atoms with Crippen molar-refractivity contribution in [3.05, 3.63) is 65.6 Å². The summed E-state index contributed by atoms with van der Waals surface area (Å²) in [6.45, 7) is 4.01. The van der Waals surface area contributed by atoms with Gasteiger partial charge in [0.1, 0.15) is 22.6 Å². The fourth-order valence-corrected chi connectivity index (χ4v) is 4.38. The zero-order valence-electron chi connectivity index (χ0n) is 24.2. The molecular formula is C30H38FN3O6S. The highest BCUT2D eigenvalue weighted by Gasteiger charge is 2.20. The van der Waals surface area contributed by atoms with E-state index < -0.39 is 23.4 Å². The number of aliphatic hydroxyl groups excluding tert-OH is 2. The predicted molar refractivity (Wildman–Crippen MR) is 159 cm³/mol. The number of anilines is 1. The molecule has 0 bridgehead atoms. The highest BCUT2D eigenvalue weighted by Crippen LogP contribution is 2.33. The summed E-state index contributed by atoms with van der Waals surface area (Å²) in [4.78, 5) is 9.38. The Morgan fingerprint density at radius 1 is 1.05 bits per heavy atom. The lowest BCUT2D eigenvalue weighted by atomic mass is 9.97. The molecule has 0 saturated carbocycles. The third-order valence-corrected chi connectivity index (χ3v) is 7.29. The van der Waals surface area contributed by atoms with Crippen LogP contribution < -0.4 is 18.5 Å². The van der Waals surface area contributed by atoms with Gasteiger partial charge in [-0.25, -0.2) is 18.6 Å². The van der Waals surface area contributed by atoms with Gasteiger partial charge in [-0.15, -0.1) is 0 Å². The Balaban J connectivity index is 1.75. The average molecular weight is 588 g/mol.